The summed E-state index contributed by atoms with van der Waals surface area (Å²) in [6, 6.07) is 0. The van der Waals surface area contributed by atoms with Crippen molar-refractivity contribution >= 4 is 23.9 Å². The third kappa shape index (κ3) is 8.98. The molecule has 0 aromatic rings. The Hall–Kier alpha value is -3.16. The highest BCUT2D eigenvalue weighted by Gasteiger charge is 2.10. The van der Waals surface area contributed by atoms with Gasteiger partial charge in [0.25, 0.3) is 0 Å². The van der Waals surface area contributed by atoms with E-state index >= 15 is 0 Å². The average molecular weight is 338 g/mol. The molecule has 0 atom stereocenters. The molecule has 0 aliphatic rings. The molecular weight excluding hydrogens is 320 g/mol. The maximum Gasteiger partial charge on any atom is 0.337 e. The average Bonchev–Trinajstić information content (AvgIpc) is 2.52. The number of hydrogen-bond acceptors (Lipinski definition) is 6. The smallest absolute Gasteiger partial charge is 0.337 e. The van der Waals surface area contributed by atoms with E-state index in [1.807, 2.05) is 0 Å². The molecule has 0 radical (unpaired) electrons. The van der Waals surface area contributed by atoms with Gasteiger partial charge in [0.1, 0.15) is 13.2 Å². The molecular formula is C16H18O8. The maximum absolute atomic E-state index is 11.6. The van der Waals surface area contributed by atoms with Gasteiger partial charge in [0.15, 0.2) is 0 Å². The topological polar surface area (TPSA) is 127 Å². The van der Waals surface area contributed by atoms with Crippen LogP contribution in [0.2, 0.25) is 0 Å². The fourth-order valence-electron chi connectivity index (χ4n) is 1.32. The van der Waals surface area contributed by atoms with Gasteiger partial charge in [0.2, 0.25) is 0 Å². The summed E-state index contributed by atoms with van der Waals surface area (Å²) in [5.74, 6) is -3.93. The highest BCUT2D eigenvalue weighted by Crippen LogP contribution is 2.03. The largest absolute Gasteiger partial charge is 0.478 e. The summed E-state index contributed by atoms with van der Waals surface area (Å²) < 4.78 is 9.66. The molecule has 0 fully saturated rings. The maximum atomic E-state index is 11.6. The van der Waals surface area contributed by atoms with Crippen molar-refractivity contribution in [2.45, 2.75) is 13.8 Å². The zero-order chi connectivity index (χ0) is 18.5. The third-order valence-electron chi connectivity index (χ3n) is 2.45. The van der Waals surface area contributed by atoms with E-state index in [0.717, 1.165) is 24.3 Å². The first kappa shape index (κ1) is 20.8. The van der Waals surface area contributed by atoms with Crippen LogP contribution >= 0.6 is 0 Å². The lowest BCUT2D eigenvalue weighted by molar-refractivity contribution is -0.146. The number of rotatable bonds is 9. The SMILES string of the molecule is CC=C(C=CC(=O)O)C(=O)OCCOC(=O)C(C=CC(=O)O)=CC. The molecule has 24 heavy (non-hydrogen) atoms. The van der Waals surface area contributed by atoms with Crippen molar-refractivity contribution in [3.8, 4) is 0 Å². The van der Waals surface area contributed by atoms with E-state index in [1.54, 1.807) is 0 Å². The predicted octanol–water partition coefficient (Wildman–Crippen LogP) is 1.25. The number of aliphatic carboxylic acids is 2. The van der Waals surface area contributed by atoms with E-state index in [1.165, 1.54) is 26.0 Å². The van der Waals surface area contributed by atoms with Gasteiger partial charge in [0, 0.05) is 12.2 Å². The molecule has 0 aliphatic heterocycles. The number of carbonyl (C=O) groups is 4. The Labute approximate surface area is 138 Å². The molecule has 0 aromatic carbocycles. The lowest BCUT2D eigenvalue weighted by atomic mass is 10.2. The van der Waals surface area contributed by atoms with Crippen molar-refractivity contribution < 1.29 is 38.9 Å². The Morgan fingerprint density at radius 2 is 1.04 bits per heavy atom. The summed E-state index contributed by atoms with van der Waals surface area (Å²) in [6.07, 6.45) is 6.52. The van der Waals surface area contributed by atoms with Crippen LogP contribution in [0.1, 0.15) is 13.8 Å². The zero-order valence-electron chi connectivity index (χ0n) is 13.2. The Balaban J connectivity index is 4.38. The van der Waals surface area contributed by atoms with Crippen LogP contribution in [0.5, 0.6) is 0 Å². The van der Waals surface area contributed by atoms with Crippen molar-refractivity contribution in [1.29, 1.82) is 0 Å². The summed E-state index contributed by atoms with van der Waals surface area (Å²) in [4.78, 5) is 44.1. The van der Waals surface area contributed by atoms with Gasteiger partial charge in [-0.15, -0.1) is 0 Å². The third-order valence-corrected chi connectivity index (χ3v) is 2.45. The van der Waals surface area contributed by atoms with Gasteiger partial charge in [-0.05, 0) is 26.0 Å². The molecule has 0 aliphatic carbocycles. The van der Waals surface area contributed by atoms with Gasteiger partial charge in [0.05, 0.1) is 11.1 Å². The monoisotopic (exact) mass is 338 g/mol. The minimum atomic E-state index is -1.20. The zero-order valence-corrected chi connectivity index (χ0v) is 13.2. The molecule has 8 nitrogen and oxygen atoms in total. The normalized spacial score (nSPS) is 12.4. The molecule has 0 unspecified atom stereocenters. The quantitative estimate of drug-likeness (QED) is 0.278. The van der Waals surface area contributed by atoms with E-state index in [9.17, 15) is 19.2 Å². The number of carbonyl (C=O) groups excluding carboxylic acids is 2. The molecule has 0 saturated heterocycles. The first-order chi connectivity index (χ1) is 11.3. The van der Waals surface area contributed by atoms with Gasteiger partial charge in [-0.1, -0.05) is 12.2 Å². The van der Waals surface area contributed by atoms with Crippen molar-refractivity contribution in [3.05, 3.63) is 47.6 Å². The van der Waals surface area contributed by atoms with E-state index in [0.29, 0.717) is 0 Å². The molecule has 8 heteroatoms. The van der Waals surface area contributed by atoms with Gasteiger partial charge >= 0.3 is 23.9 Å². The Kier molecular flexibility index (Phi) is 9.91. The van der Waals surface area contributed by atoms with E-state index in [2.05, 4.69) is 0 Å². The van der Waals surface area contributed by atoms with Crippen LogP contribution in [0, 0.1) is 0 Å². The molecule has 0 spiro atoms. The van der Waals surface area contributed by atoms with Crippen LogP contribution < -0.4 is 0 Å². The van der Waals surface area contributed by atoms with Gasteiger partial charge < -0.3 is 19.7 Å². The van der Waals surface area contributed by atoms with Gasteiger partial charge in [-0.2, -0.15) is 0 Å². The van der Waals surface area contributed by atoms with Crippen LogP contribution in [-0.2, 0) is 28.7 Å². The fraction of sp³-hybridized carbons (Fsp3) is 0.250. The van der Waals surface area contributed by atoms with Crippen molar-refractivity contribution in [2.75, 3.05) is 13.2 Å². The van der Waals surface area contributed by atoms with Crippen LogP contribution in [-0.4, -0.2) is 47.3 Å². The lowest BCUT2D eigenvalue weighted by Gasteiger charge is -2.07. The van der Waals surface area contributed by atoms with Crippen LogP contribution in [0.15, 0.2) is 47.6 Å². The summed E-state index contributed by atoms with van der Waals surface area (Å²) in [6.45, 7) is 2.61. The first-order valence-electron chi connectivity index (χ1n) is 6.80. The van der Waals surface area contributed by atoms with Crippen molar-refractivity contribution in [2.24, 2.45) is 0 Å². The number of carboxylic acids is 2. The highest BCUT2D eigenvalue weighted by molar-refractivity contribution is 5.94. The van der Waals surface area contributed by atoms with E-state index < -0.39 is 23.9 Å². The second-order valence-electron chi connectivity index (χ2n) is 4.10. The summed E-state index contributed by atoms with van der Waals surface area (Å²) >= 11 is 0. The number of ether oxygens (including phenoxy) is 2. The molecule has 130 valence electrons. The number of hydrogen-bond donors (Lipinski definition) is 2. The minimum absolute atomic E-state index is 0.0438. The highest BCUT2D eigenvalue weighted by atomic mass is 16.6. The number of allylic oxidation sites excluding steroid dienone is 2. The summed E-state index contributed by atoms with van der Waals surface area (Å²) in [5, 5.41) is 17.0. The molecule has 0 rings (SSSR count). The van der Waals surface area contributed by atoms with E-state index in [4.69, 9.17) is 19.7 Å². The van der Waals surface area contributed by atoms with E-state index in [-0.39, 0.29) is 24.4 Å². The Morgan fingerprint density at radius 3 is 1.29 bits per heavy atom. The standard InChI is InChI=1S/C16H18O8/c1-3-11(5-7-13(17)18)15(21)23-9-10-24-16(22)12(4-2)6-8-14(19)20/h3-8H,9-10H2,1-2H3,(H,17,18)(H,19,20). The Morgan fingerprint density at radius 1 is 0.708 bits per heavy atom. The second-order valence-corrected chi connectivity index (χ2v) is 4.10. The summed E-state index contributed by atoms with van der Waals surface area (Å²) in [7, 11) is 0. The predicted molar refractivity (Wildman–Crippen MR) is 83.0 cm³/mol. The van der Waals surface area contributed by atoms with Crippen LogP contribution in [0.3, 0.4) is 0 Å². The molecule has 0 amide bonds. The van der Waals surface area contributed by atoms with Gasteiger partial charge in [-0.25, -0.2) is 19.2 Å². The lowest BCUT2D eigenvalue weighted by Crippen LogP contribution is -2.15. The molecule has 0 aromatic heterocycles. The molecule has 2 N–H and O–H groups in total. The minimum Gasteiger partial charge on any atom is -0.478 e. The fourth-order valence-corrected chi connectivity index (χ4v) is 1.32. The molecule has 0 heterocycles. The first-order valence-corrected chi connectivity index (χ1v) is 6.80. The van der Waals surface area contributed by atoms with Crippen LogP contribution in [0.4, 0.5) is 0 Å². The number of esters is 2. The van der Waals surface area contributed by atoms with Crippen molar-refractivity contribution in [1.82, 2.24) is 0 Å². The Bertz CT molecular complexity index is 554. The van der Waals surface area contributed by atoms with Crippen molar-refractivity contribution in [3.63, 3.8) is 0 Å². The molecule has 0 bridgehead atoms. The second kappa shape index (κ2) is 11.4. The van der Waals surface area contributed by atoms with Crippen LogP contribution in [0.25, 0.3) is 0 Å². The summed E-state index contributed by atoms with van der Waals surface area (Å²) in [5.41, 5.74) is 0.0875. The number of carboxylic acid groups (broad SMARTS) is 2. The van der Waals surface area contributed by atoms with Gasteiger partial charge in [-0.3, -0.25) is 0 Å². The molecule has 0 saturated carbocycles.